The van der Waals surface area contributed by atoms with Crippen molar-refractivity contribution in [1.82, 2.24) is 4.90 Å². The van der Waals surface area contributed by atoms with Crippen LogP contribution in [-0.2, 0) is 9.84 Å². The van der Waals surface area contributed by atoms with Crippen molar-refractivity contribution in [3.8, 4) is 5.75 Å². The van der Waals surface area contributed by atoms with Crippen molar-refractivity contribution in [2.75, 3.05) is 26.5 Å². The molecule has 0 aliphatic carbocycles. The first-order valence-electron chi connectivity index (χ1n) is 9.04. The Morgan fingerprint density at radius 1 is 1.21 bits per heavy atom. The Morgan fingerprint density at radius 3 is 2.69 bits per heavy atom. The lowest BCUT2D eigenvalue weighted by Crippen LogP contribution is -2.28. The smallest absolute Gasteiger partial charge is 0.289 e. The lowest BCUT2D eigenvalue weighted by Gasteiger charge is -2.16. The first kappa shape index (κ1) is 21.4. The molecule has 0 spiro atoms. The van der Waals surface area contributed by atoms with E-state index in [-0.39, 0.29) is 10.8 Å². The molecule has 0 N–H and O–H groups in total. The normalized spacial score (nSPS) is 11.6. The highest BCUT2D eigenvalue weighted by Gasteiger charge is 2.21. The zero-order valence-corrected chi connectivity index (χ0v) is 18.8. The van der Waals surface area contributed by atoms with Gasteiger partial charge in [0.25, 0.3) is 5.91 Å². The van der Waals surface area contributed by atoms with Crippen molar-refractivity contribution in [2.24, 2.45) is 0 Å². The fourth-order valence-corrected chi connectivity index (χ4v) is 3.98. The van der Waals surface area contributed by atoms with Crippen LogP contribution in [0.25, 0.3) is 11.0 Å². The molecule has 0 saturated heterocycles. The second-order valence-electron chi connectivity index (χ2n) is 6.87. The van der Waals surface area contributed by atoms with E-state index in [2.05, 4.69) is 15.9 Å². The van der Waals surface area contributed by atoms with E-state index in [1.54, 1.807) is 24.1 Å². The van der Waals surface area contributed by atoms with Gasteiger partial charge in [-0.15, -0.1) is 0 Å². The van der Waals surface area contributed by atoms with Gasteiger partial charge in [-0.1, -0.05) is 22.0 Å². The minimum Gasteiger partial charge on any atom is -0.493 e. The number of carbonyl (C=O) groups excluding carboxylic acids is 1. The van der Waals surface area contributed by atoms with E-state index in [4.69, 9.17) is 9.15 Å². The lowest BCUT2D eigenvalue weighted by atomic mass is 10.1. The molecule has 0 atom stereocenters. The molecule has 0 saturated carbocycles. The summed E-state index contributed by atoms with van der Waals surface area (Å²) in [6, 6.07) is 12.0. The summed E-state index contributed by atoms with van der Waals surface area (Å²) < 4.78 is 35.5. The number of fused-ring (bicyclic) bond motifs is 1. The second kappa shape index (κ2) is 8.59. The number of hydrogen-bond donors (Lipinski definition) is 0. The summed E-state index contributed by atoms with van der Waals surface area (Å²) in [6.07, 6.45) is 1.75. The molecule has 1 aromatic heterocycles. The van der Waals surface area contributed by atoms with Crippen LogP contribution < -0.4 is 4.74 Å². The summed E-state index contributed by atoms with van der Waals surface area (Å²) in [7, 11) is -1.56. The molecule has 1 heterocycles. The van der Waals surface area contributed by atoms with E-state index in [1.165, 1.54) is 12.1 Å². The van der Waals surface area contributed by atoms with Gasteiger partial charge >= 0.3 is 0 Å². The third-order valence-electron chi connectivity index (χ3n) is 4.58. The Morgan fingerprint density at radius 2 is 1.97 bits per heavy atom. The zero-order chi connectivity index (χ0) is 21.2. The molecule has 154 valence electrons. The molecule has 1 amide bonds. The Bertz CT molecular complexity index is 1150. The molecule has 29 heavy (non-hydrogen) atoms. The number of nitrogens with zero attached hydrogens (tertiary/aromatic N) is 1. The first-order chi connectivity index (χ1) is 13.7. The van der Waals surface area contributed by atoms with Gasteiger partial charge < -0.3 is 14.1 Å². The van der Waals surface area contributed by atoms with Crippen molar-refractivity contribution < 1.29 is 22.4 Å². The number of hydrogen-bond acceptors (Lipinski definition) is 5. The zero-order valence-electron chi connectivity index (χ0n) is 16.4. The monoisotopic (exact) mass is 479 g/mol. The topological polar surface area (TPSA) is 76.8 Å². The van der Waals surface area contributed by atoms with Crippen molar-refractivity contribution in [2.45, 2.75) is 18.2 Å². The quantitative estimate of drug-likeness (QED) is 0.467. The van der Waals surface area contributed by atoms with Gasteiger partial charge in [-0.2, -0.15) is 0 Å². The summed E-state index contributed by atoms with van der Waals surface area (Å²) in [5.41, 5.74) is 1.49. The average molecular weight is 480 g/mol. The number of furan rings is 1. The van der Waals surface area contributed by atoms with Gasteiger partial charge in [0.1, 0.15) is 11.3 Å². The van der Waals surface area contributed by atoms with Crippen LogP contribution >= 0.6 is 15.9 Å². The highest BCUT2D eigenvalue weighted by Crippen LogP contribution is 2.28. The highest BCUT2D eigenvalue weighted by molar-refractivity contribution is 9.10. The molecule has 3 aromatic rings. The molecule has 0 fully saturated rings. The molecule has 3 rings (SSSR count). The van der Waals surface area contributed by atoms with E-state index in [9.17, 15) is 13.2 Å². The number of aryl methyl sites for hydroxylation is 1. The van der Waals surface area contributed by atoms with E-state index in [0.717, 1.165) is 21.7 Å². The van der Waals surface area contributed by atoms with Crippen molar-refractivity contribution in [3.63, 3.8) is 0 Å². The van der Waals surface area contributed by atoms with Crippen LogP contribution in [0.5, 0.6) is 5.75 Å². The van der Waals surface area contributed by atoms with Crippen LogP contribution in [-0.4, -0.2) is 45.7 Å². The predicted octanol–water partition coefficient (Wildman–Crippen LogP) is 4.45. The Kier molecular flexibility index (Phi) is 6.33. The van der Waals surface area contributed by atoms with Gasteiger partial charge in [-0.25, -0.2) is 8.42 Å². The number of sulfone groups is 1. The molecule has 0 bridgehead atoms. The number of rotatable bonds is 7. The SMILES string of the molecule is Cc1c(C(=O)N(C)CCCOc2cccc(S(C)(=O)=O)c2)oc2ccc(Br)cc12. The number of carbonyl (C=O) groups is 1. The van der Waals surface area contributed by atoms with Crippen molar-refractivity contribution >= 4 is 42.6 Å². The highest BCUT2D eigenvalue weighted by atomic mass is 79.9. The van der Waals surface area contributed by atoms with Gasteiger partial charge in [0.05, 0.1) is 11.5 Å². The second-order valence-corrected chi connectivity index (χ2v) is 9.80. The molecule has 2 aromatic carbocycles. The predicted molar refractivity (Wildman–Crippen MR) is 115 cm³/mol. The summed E-state index contributed by atoms with van der Waals surface area (Å²) in [6.45, 7) is 2.71. The van der Waals surface area contributed by atoms with Crippen LogP contribution in [0.3, 0.4) is 0 Å². The van der Waals surface area contributed by atoms with Crippen LogP contribution in [0, 0.1) is 6.92 Å². The third-order valence-corrected chi connectivity index (χ3v) is 6.18. The van der Waals surface area contributed by atoms with Crippen molar-refractivity contribution in [3.05, 3.63) is 58.3 Å². The molecule has 0 aliphatic heterocycles. The molecule has 8 heteroatoms. The van der Waals surface area contributed by atoms with E-state index >= 15 is 0 Å². The van der Waals surface area contributed by atoms with Gasteiger partial charge in [0, 0.05) is 35.3 Å². The maximum atomic E-state index is 12.8. The molecule has 0 unspecified atom stereocenters. The molecular formula is C21H22BrNO5S. The van der Waals surface area contributed by atoms with Crippen LogP contribution in [0.15, 0.2) is 56.2 Å². The fraction of sp³-hybridized carbons (Fsp3) is 0.286. The number of halogens is 1. The maximum Gasteiger partial charge on any atom is 0.289 e. The number of amides is 1. The number of ether oxygens (including phenoxy) is 1. The van der Waals surface area contributed by atoms with Gasteiger partial charge in [0.2, 0.25) is 0 Å². The Balaban J connectivity index is 1.58. The molecule has 0 radical (unpaired) electrons. The first-order valence-corrected chi connectivity index (χ1v) is 11.7. The van der Waals surface area contributed by atoms with Crippen LogP contribution in [0.4, 0.5) is 0 Å². The summed E-state index contributed by atoms with van der Waals surface area (Å²) in [5.74, 6) is 0.636. The standard InChI is InChI=1S/C21H22BrNO5S/c1-14-18-12-15(22)8-9-19(18)28-20(14)21(24)23(2)10-5-11-27-16-6-4-7-17(13-16)29(3,25)26/h4,6-9,12-13H,5,10-11H2,1-3H3. The van der Waals surface area contributed by atoms with E-state index < -0.39 is 9.84 Å². The minimum atomic E-state index is -3.28. The minimum absolute atomic E-state index is 0.186. The average Bonchev–Trinajstić information content (AvgIpc) is 3.00. The van der Waals surface area contributed by atoms with Crippen molar-refractivity contribution in [1.29, 1.82) is 0 Å². The van der Waals surface area contributed by atoms with Crippen LogP contribution in [0.1, 0.15) is 22.5 Å². The lowest BCUT2D eigenvalue weighted by molar-refractivity contribution is 0.0757. The Hall–Kier alpha value is -2.32. The number of benzene rings is 2. The molecule has 0 aliphatic rings. The summed E-state index contributed by atoms with van der Waals surface area (Å²) in [4.78, 5) is 14.6. The van der Waals surface area contributed by atoms with Gasteiger partial charge in [-0.3, -0.25) is 4.79 Å². The van der Waals surface area contributed by atoms with E-state index in [0.29, 0.717) is 36.7 Å². The summed E-state index contributed by atoms with van der Waals surface area (Å²) >= 11 is 3.43. The molecule has 6 nitrogen and oxygen atoms in total. The third kappa shape index (κ3) is 5.00. The van der Waals surface area contributed by atoms with Gasteiger partial charge in [-0.05, 0) is 49.7 Å². The van der Waals surface area contributed by atoms with E-state index in [1.807, 2.05) is 25.1 Å². The maximum absolute atomic E-state index is 12.8. The largest absolute Gasteiger partial charge is 0.493 e. The van der Waals surface area contributed by atoms with Gasteiger partial charge in [0.15, 0.2) is 15.6 Å². The Labute approximate surface area is 178 Å². The summed E-state index contributed by atoms with van der Waals surface area (Å²) in [5, 5.41) is 0.908. The fourth-order valence-electron chi connectivity index (χ4n) is 2.96. The van der Waals surface area contributed by atoms with Crippen LogP contribution in [0.2, 0.25) is 0 Å². The molecular weight excluding hydrogens is 458 g/mol.